The SMILES string of the molecule is O=C(OCc1cn(Cc2ccccc2)nn1)c1ccc(-c2ccccc2)cc1. The molecule has 4 aromatic rings. The van der Waals surface area contributed by atoms with Crippen molar-refractivity contribution in [1.29, 1.82) is 0 Å². The van der Waals surface area contributed by atoms with Gasteiger partial charge in [-0.1, -0.05) is 78.0 Å². The molecule has 0 unspecified atom stereocenters. The van der Waals surface area contributed by atoms with Gasteiger partial charge in [0.2, 0.25) is 0 Å². The first kappa shape index (κ1) is 17.7. The summed E-state index contributed by atoms with van der Waals surface area (Å²) >= 11 is 0. The highest BCUT2D eigenvalue weighted by Gasteiger charge is 2.10. The van der Waals surface area contributed by atoms with E-state index in [2.05, 4.69) is 10.3 Å². The molecule has 5 nitrogen and oxygen atoms in total. The summed E-state index contributed by atoms with van der Waals surface area (Å²) in [4.78, 5) is 12.3. The second-order valence-electron chi connectivity index (χ2n) is 6.41. The Morgan fingerprint density at radius 1 is 0.821 bits per heavy atom. The maximum atomic E-state index is 12.3. The first-order chi connectivity index (χ1) is 13.8. The van der Waals surface area contributed by atoms with Crippen molar-refractivity contribution in [1.82, 2.24) is 15.0 Å². The minimum absolute atomic E-state index is 0.0913. The van der Waals surface area contributed by atoms with E-state index in [1.165, 1.54) is 0 Å². The molecule has 1 heterocycles. The van der Waals surface area contributed by atoms with Gasteiger partial charge >= 0.3 is 5.97 Å². The third-order valence-electron chi connectivity index (χ3n) is 4.35. The Labute approximate surface area is 163 Å². The minimum Gasteiger partial charge on any atom is -0.455 e. The number of carbonyl (C=O) groups is 1. The molecule has 0 aliphatic carbocycles. The molecule has 0 spiro atoms. The average Bonchev–Trinajstić information content (AvgIpc) is 3.21. The summed E-state index contributed by atoms with van der Waals surface area (Å²) in [5.41, 5.74) is 4.43. The second kappa shape index (κ2) is 8.31. The molecule has 1 aromatic heterocycles. The van der Waals surface area contributed by atoms with E-state index in [-0.39, 0.29) is 12.6 Å². The van der Waals surface area contributed by atoms with Crippen LogP contribution in [0.3, 0.4) is 0 Å². The van der Waals surface area contributed by atoms with Gasteiger partial charge in [-0.15, -0.1) is 5.10 Å². The Balaban J connectivity index is 1.34. The lowest BCUT2D eigenvalue weighted by atomic mass is 10.0. The molecule has 0 atom stereocenters. The quantitative estimate of drug-likeness (QED) is 0.474. The third kappa shape index (κ3) is 4.32. The van der Waals surface area contributed by atoms with Crippen LogP contribution in [-0.2, 0) is 17.9 Å². The number of aromatic nitrogens is 3. The third-order valence-corrected chi connectivity index (χ3v) is 4.35. The van der Waals surface area contributed by atoms with E-state index in [1.807, 2.05) is 72.8 Å². The molecule has 28 heavy (non-hydrogen) atoms. The van der Waals surface area contributed by atoms with E-state index >= 15 is 0 Å². The summed E-state index contributed by atoms with van der Waals surface area (Å²) in [5, 5.41) is 8.15. The van der Waals surface area contributed by atoms with E-state index < -0.39 is 0 Å². The molecular weight excluding hydrogens is 350 g/mol. The fourth-order valence-corrected chi connectivity index (χ4v) is 2.90. The minimum atomic E-state index is -0.378. The monoisotopic (exact) mass is 369 g/mol. The van der Waals surface area contributed by atoms with Crippen LogP contribution in [0.15, 0.2) is 91.1 Å². The van der Waals surface area contributed by atoms with Crippen molar-refractivity contribution in [2.45, 2.75) is 13.2 Å². The van der Waals surface area contributed by atoms with Crippen molar-refractivity contribution in [3.05, 3.63) is 108 Å². The Hall–Kier alpha value is -3.73. The van der Waals surface area contributed by atoms with Crippen molar-refractivity contribution in [2.75, 3.05) is 0 Å². The molecule has 0 N–H and O–H groups in total. The zero-order valence-electron chi connectivity index (χ0n) is 15.2. The molecule has 0 bridgehead atoms. The lowest BCUT2D eigenvalue weighted by Gasteiger charge is -2.05. The average molecular weight is 369 g/mol. The first-order valence-corrected chi connectivity index (χ1v) is 9.03. The van der Waals surface area contributed by atoms with Gasteiger partial charge in [-0.3, -0.25) is 0 Å². The number of nitrogens with zero attached hydrogens (tertiary/aromatic N) is 3. The summed E-state index contributed by atoms with van der Waals surface area (Å²) in [6.07, 6.45) is 1.79. The molecule has 3 aromatic carbocycles. The van der Waals surface area contributed by atoms with Crippen LogP contribution in [0.2, 0.25) is 0 Å². The Morgan fingerprint density at radius 3 is 2.18 bits per heavy atom. The van der Waals surface area contributed by atoms with Gasteiger partial charge in [0.15, 0.2) is 0 Å². The van der Waals surface area contributed by atoms with Crippen LogP contribution < -0.4 is 0 Å². The number of hydrogen-bond acceptors (Lipinski definition) is 4. The van der Waals surface area contributed by atoms with Gasteiger partial charge in [-0.2, -0.15) is 0 Å². The van der Waals surface area contributed by atoms with Gasteiger partial charge in [0.1, 0.15) is 12.3 Å². The van der Waals surface area contributed by atoms with Crippen molar-refractivity contribution < 1.29 is 9.53 Å². The van der Waals surface area contributed by atoms with Crippen LogP contribution in [0.25, 0.3) is 11.1 Å². The van der Waals surface area contributed by atoms with E-state index in [9.17, 15) is 4.79 Å². The van der Waals surface area contributed by atoms with Crippen LogP contribution >= 0.6 is 0 Å². The molecule has 5 heteroatoms. The van der Waals surface area contributed by atoms with E-state index in [1.54, 1.807) is 23.0 Å². The Bertz CT molecular complexity index is 1040. The highest BCUT2D eigenvalue weighted by atomic mass is 16.5. The number of ether oxygens (including phenoxy) is 1. The molecule has 138 valence electrons. The van der Waals surface area contributed by atoms with Crippen LogP contribution in [0.5, 0.6) is 0 Å². The maximum Gasteiger partial charge on any atom is 0.338 e. The number of rotatable bonds is 6. The summed E-state index contributed by atoms with van der Waals surface area (Å²) in [6.45, 7) is 0.719. The maximum absolute atomic E-state index is 12.3. The van der Waals surface area contributed by atoms with Gasteiger partial charge in [-0.05, 0) is 28.8 Å². The Morgan fingerprint density at radius 2 is 1.46 bits per heavy atom. The largest absolute Gasteiger partial charge is 0.455 e. The lowest BCUT2D eigenvalue weighted by Crippen LogP contribution is -2.05. The van der Waals surface area contributed by atoms with Gasteiger partial charge in [-0.25, -0.2) is 9.48 Å². The molecule has 0 saturated heterocycles. The van der Waals surface area contributed by atoms with Crippen molar-refractivity contribution in [3.63, 3.8) is 0 Å². The highest BCUT2D eigenvalue weighted by molar-refractivity contribution is 5.90. The molecule has 0 fully saturated rings. The zero-order valence-corrected chi connectivity index (χ0v) is 15.2. The highest BCUT2D eigenvalue weighted by Crippen LogP contribution is 2.19. The van der Waals surface area contributed by atoms with Gasteiger partial charge in [0, 0.05) is 0 Å². The number of hydrogen-bond donors (Lipinski definition) is 0. The molecular formula is C23H19N3O2. The summed E-state index contributed by atoms with van der Waals surface area (Å²) in [5.74, 6) is -0.378. The van der Waals surface area contributed by atoms with Crippen molar-refractivity contribution in [2.24, 2.45) is 0 Å². The molecule has 0 aliphatic rings. The Kier molecular flexibility index (Phi) is 5.24. The topological polar surface area (TPSA) is 57.0 Å². The van der Waals surface area contributed by atoms with Gasteiger partial charge < -0.3 is 4.74 Å². The van der Waals surface area contributed by atoms with E-state index in [0.29, 0.717) is 17.8 Å². The zero-order chi connectivity index (χ0) is 19.2. The smallest absolute Gasteiger partial charge is 0.338 e. The van der Waals surface area contributed by atoms with Crippen molar-refractivity contribution >= 4 is 5.97 Å². The standard InChI is InChI=1S/C23H19N3O2/c27-23(21-13-11-20(12-14-21)19-9-5-2-6-10-19)28-17-22-16-26(25-24-22)15-18-7-3-1-4-8-18/h1-14,16H,15,17H2. The van der Waals surface area contributed by atoms with Crippen molar-refractivity contribution in [3.8, 4) is 11.1 Å². The summed E-state index contributed by atoms with van der Waals surface area (Å²) < 4.78 is 7.10. The second-order valence-corrected chi connectivity index (χ2v) is 6.41. The van der Waals surface area contributed by atoms with Crippen LogP contribution in [0.1, 0.15) is 21.6 Å². The first-order valence-electron chi connectivity index (χ1n) is 9.03. The summed E-state index contributed by atoms with van der Waals surface area (Å²) in [6, 6.07) is 27.4. The van der Waals surface area contributed by atoms with E-state index in [0.717, 1.165) is 16.7 Å². The fourth-order valence-electron chi connectivity index (χ4n) is 2.90. The van der Waals surface area contributed by atoms with Crippen LogP contribution in [0.4, 0.5) is 0 Å². The fraction of sp³-hybridized carbons (Fsp3) is 0.0870. The van der Waals surface area contributed by atoms with Gasteiger partial charge in [0.25, 0.3) is 0 Å². The predicted octanol–water partition coefficient (Wildman–Crippen LogP) is 4.35. The molecule has 4 rings (SSSR count). The predicted molar refractivity (Wildman–Crippen MR) is 107 cm³/mol. The summed E-state index contributed by atoms with van der Waals surface area (Å²) in [7, 11) is 0. The van der Waals surface area contributed by atoms with Gasteiger partial charge in [0.05, 0.1) is 18.3 Å². The molecule has 0 amide bonds. The lowest BCUT2D eigenvalue weighted by molar-refractivity contribution is 0.0467. The number of benzene rings is 3. The van der Waals surface area contributed by atoms with Crippen LogP contribution in [0, 0.1) is 0 Å². The van der Waals surface area contributed by atoms with E-state index in [4.69, 9.17) is 4.74 Å². The molecule has 0 saturated carbocycles. The molecule has 0 radical (unpaired) electrons. The number of carbonyl (C=O) groups excluding carboxylic acids is 1. The normalized spacial score (nSPS) is 10.6. The number of esters is 1. The van der Waals surface area contributed by atoms with Crippen LogP contribution in [-0.4, -0.2) is 21.0 Å². The molecule has 0 aliphatic heterocycles.